The Balaban J connectivity index is 2.21. The van der Waals surface area contributed by atoms with Gasteiger partial charge >= 0.3 is 6.03 Å². The van der Waals surface area contributed by atoms with Crippen LogP contribution in [0.2, 0.25) is 0 Å². The lowest BCUT2D eigenvalue weighted by molar-refractivity contribution is -0.120. The number of para-hydroxylation sites is 1. The fourth-order valence-corrected chi connectivity index (χ4v) is 1.23. The molecule has 0 unspecified atom stereocenters. The average molecular weight is 247 g/mol. The van der Waals surface area contributed by atoms with Gasteiger partial charge in [0.25, 0.3) is 0 Å². The zero-order valence-electron chi connectivity index (χ0n) is 10.1. The summed E-state index contributed by atoms with van der Waals surface area (Å²) in [5.74, 6) is -0.222. The molecule has 1 aromatic rings. The summed E-state index contributed by atoms with van der Waals surface area (Å²) in [6.45, 7) is 4.03. The fourth-order valence-electron chi connectivity index (χ4n) is 1.23. The van der Waals surface area contributed by atoms with Crippen LogP contribution in [0.15, 0.2) is 43.0 Å². The molecule has 0 aromatic heterocycles. The molecule has 18 heavy (non-hydrogen) atoms. The molecule has 0 heterocycles. The molecule has 1 aromatic carbocycles. The van der Waals surface area contributed by atoms with Gasteiger partial charge in [-0.1, -0.05) is 24.3 Å². The minimum absolute atomic E-state index is 0.0458. The molecule has 96 valence electrons. The van der Waals surface area contributed by atoms with Crippen molar-refractivity contribution in [3.8, 4) is 0 Å². The number of hydrogen-bond acceptors (Lipinski definition) is 2. The monoisotopic (exact) mass is 247 g/mol. The lowest BCUT2D eigenvalue weighted by Gasteiger charge is -2.07. The van der Waals surface area contributed by atoms with E-state index in [0.29, 0.717) is 18.7 Å². The van der Waals surface area contributed by atoms with Crippen LogP contribution in [0.5, 0.6) is 0 Å². The molecule has 0 bridgehead atoms. The molecule has 0 fully saturated rings. The van der Waals surface area contributed by atoms with Crippen LogP contribution in [-0.4, -0.2) is 25.0 Å². The minimum atomic E-state index is -0.403. The van der Waals surface area contributed by atoms with Crippen molar-refractivity contribution >= 4 is 17.6 Å². The highest BCUT2D eigenvalue weighted by atomic mass is 16.2. The van der Waals surface area contributed by atoms with Gasteiger partial charge in [0.15, 0.2) is 0 Å². The van der Waals surface area contributed by atoms with E-state index in [1.807, 2.05) is 18.2 Å². The van der Waals surface area contributed by atoms with Crippen molar-refractivity contribution in [3.05, 3.63) is 43.0 Å². The van der Waals surface area contributed by atoms with Crippen molar-refractivity contribution in [2.75, 3.05) is 18.4 Å². The lowest BCUT2D eigenvalue weighted by Crippen LogP contribution is -2.39. The maximum atomic E-state index is 11.4. The zero-order chi connectivity index (χ0) is 13.2. The first-order chi connectivity index (χ1) is 8.72. The van der Waals surface area contributed by atoms with Gasteiger partial charge < -0.3 is 16.0 Å². The van der Waals surface area contributed by atoms with E-state index in [9.17, 15) is 9.59 Å². The summed E-state index contributed by atoms with van der Waals surface area (Å²) in [5.41, 5.74) is 0.682. The minimum Gasteiger partial charge on any atom is -0.354 e. The van der Waals surface area contributed by atoms with Crippen molar-refractivity contribution in [1.82, 2.24) is 10.6 Å². The van der Waals surface area contributed by atoms with Crippen molar-refractivity contribution in [1.29, 1.82) is 0 Å². The molecule has 0 spiro atoms. The summed E-state index contributed by atoms with van der Waals surface area (Å²) in [6.07, 6.45) is 2.43. The Kier molecular flexibility index (Phi) is 6.03. The van der Waals surface area contributed by atoms with Gasteiger partial charge in [0.2, 0.25) is 5.91 Å². The molecule has 0 atom stereocenters. The maximum Gasteiger partial charge on any atom is 0.319 e. The highest BCUT2D eigenvalue weighted by Crippen LogP contribution is 2.03. The fraction of sp³-hybridized carbons (Fsp3) is 0.231. The Hall–Kier alpha value is -2.30. The topological polar surface area (TPSA) is 70.2 Å². The van der Waals surface area contributed by atoms with E-state index >= 15 is 0 Å². The standard InChI is InChI=1S/C13H17N3O2/c1-2-3-9-14-12(17)10-15-13(18)16-11-7-5-4-6-8-11/h2,4-8H,1,3,9-10H2,(H,14,17)(H2,15,16,18). The molecule has 0 saturated carbocycles. The van der Waals surface area contributed by atoms with E-state index in [-0.39, 0.29) is 12.5 Å². The number of hydrogen-bond donors (Lipinski definition) is 3. The second-order valence-corrected chi connectivity index (χ2v) is 3.60. The first-order valence-corrected chi connectivity index (χ1v) is 5.70. The lowest BCUT2D eigenvalue weighted by atomic mass is 10.3. The van der Waals surface area contributed by atoms with Crippen molar-refractivity contribution in [3.63, 3.8) is 0 Å². The van der Waals surface area contributed by atoms with E-state index in [0.717, 1.165) is 0 Å². The summed E-state index contributed by atoms with van der Waals surface area (Å²) in [7, 11) is 0. The third-order valence-corrected chi connectivity index (χ3v) is 2.11. The summed E-state index contributed by atoms with van der Waals surface area (Å²) < 4.78 is 0. The Morgan fingerprint density at radius 2 is 1.89 bits per heavy atom. The van der Waals surface area contributed by atoms with E-state index in [1.54, 1.807) is 18.2 Å². The summed E-state index contributed by atoms with van der Waals surface area (Å²) in [6, 6.07) is 8.62. The van der Waals surface area contributed by atoms with Gasteiger partial charge in [-0.15, -0.1) is 6.58 Å². The molecule has 0 radical (unpaired) electrons. The molecule has 0 aliphatic rings. The second-order valence-electron chi connectivity index (χ2n) is 3.60. The average Bonchev–Trinajstić information content (AvgIpc) is 2.38. The predicted molar refractivity (Wildman–Crippen MR) is 71.3 cm³/mol. The Bertz CT molecular complexity index is 404. The molecular formula is C13H17N3O2. The van der Waals surface area contributed by atoms with Gasteiger partial charge in [0.05, 0.1) is 6.54 Å². The molecule has 5 nitrogen and oxygen atoms in total. The number of nitrogens with one attached hydrogen (secondary N) is 3. The first kappa shape index (κ1) is 13.8. The Labute approximate surface area is 106 Å². The van der Waals surface area contributed by atoms with Crippen LogP contribution in [0.25, 0.3) is 0 Å². The van der Waals surface area contributed by atoms with Crippen molar-refractivity contribution in [2.24, 2.45) is 0 Å². The van der Waals surface area contributed by atoms with Crippen LogP contribution in [-0.2, 0) is 4.79 Å². The zero-order valence-corrected chi connectivity index (χ0v) is 10.1. The number of rotatable bonds is 6. The molecule has 0 saturated heterocycles. The number of urea groups is 1. The smallest absolute Gasteiger partial charge is 0.319 e. The van der Waals surface area contributed by atoms with E-state index < -0.39 is 6.03 Å². The van der Waals surface area contributed by atoms with Crippen LogP contribution in [0.1, 0.15) is 6.42 Å². The van der Waals surface area contributed by atoms with Crippen LogP contribution in [0.3, 0.4) is 0 Å². The molecule has 3 N–H and O–H groups in total. The highest BCUT2D eigenvalue weighted by Gasteiger charge is 2.04. The summed E-state index contributed by atoms with van der Waals surface area (Å²) in [4.78, 5) is 22.7. The normalized spacial score (nSPS) is 9.33. The molecule has 0 aliphatic carbocycles. The van der Waals surface area contributed by atoms with Gasteiger partial charge in [0.1, 0.15) is 0 Å². The highest BCUT2D eigenvalue weighted by molar-refractivity contribution is 5.92. The van der Waals surface area contributed by atoms with Gasteiger partial charge in [0, 0.05) is 12.2 Å². The molecular weight excluding hydrogens is 230 g/mol. The molecule has 0 aliphatic heterocycles. The van der Waals surface area contributed by atoms with E-state index in [2.05, 4.69) is 22.5 Å². The van der Waals surface area contributed by atoms with Crippen LogP contribution in [0, 0.1) is 0 Å². The molecule has 5 heteroatoms. The largest absolute Gasteiger partial charge is 0.354 e. The van der Waals surface area contributed by atoms with Crippen LogP contribution in [0.4, 0.5) is 10.5 Å². The summed E-state index contributed by atoms with van der Waals surface area (Å²) in [5, 5.41) is 7.74. The summed E-state index contributed by atoms with van der Waals surface area (Å²) >= 11 is 0. The first-order valence-electron chi connectivity index (χ1n) is 5.70. The Morgan fingerprint density at radius 1 is 1.17 bits per heavy atom. The van der Waals surface area contributed by atoms with E-state index in [1.165, 1.54) is 0 Å². The maximum absolute atomic E-state index is 11.4. The van der Waals surface area contributed by atoms with Gasteiger partial charge in [-0.25, -0.2) is 4.79 Å². The van der Waals surface area contributed by atoms with Crippen LogP contribution < -0.4 is 16.0 Å². The predicted octanol–water partition coefficient (Wildman–Crippen LogP) is 1.50. The SMILES string of the molecule is C=CCCNC(=O)CNC(=O)Nc1ccccc1. The third kappa shape index (κ3) is 5.69. The number of benzene rings is 1. The van der Waals surface area contributed by atoms with Crippen LogP contribution >= 0.6 is 0 Å². The number of carbonyl (C=O) groups excluding carboxylic acids is 2. The third-order valence-electron chi connectivity index (χ3n) is 2.11. The number of anilines is 1. The number of carbonyl (C=O) groups is 2. The van der Waals surface area contributed by atoms with E-state index in [4.69, 9.17) is 0 Å². The number of amides is 3. The molecule has 3 amide bonds. The quantitative estimate of drug-likeness (QED) is 0.526. The Morgan fingerprint density at radius 3 is 2.56 bits per heavy atom. The van der Waals surface area contributed by atoms with Gasteiger partial charge in [-0.2, -0.15) is 0 Å². The van der Waals surface area contributed by atoms with Crippen molar-refractivity contribution in [2.45, 2.75) is 6.42 Å². The van der Waals surface area contributed by atoms with Gasteiger partial charge in [-0.05, 0) is 18.6 Å². The van der Waals surface area contributed by atoms with Crippen molar-refractivity contribution < 1.29 is 9.59 Å². The second kappa shape index (κ2) is 7.89. The molecule has 1 rings (SSSR count). The van der Waals surface area contributed by atoms with Gasteiger partial charge in [-0.3, -0.25) is 4.79 Å².